The quantitative estimate of drug-likeness (QED) is 0.871. The van der Waals surface area contributed by atoms with Crippen LogP contribution in [0.3, 0.4) is 0 Å². The molecule has 2 aliphatic heterocycles. The van der Waals surface area contributed by atoms with E-state index >= 15 is 0 Å². The molecule has 2 saturated heterocycles. The van der Waals surface area contributed by atoms with Gasteiger partial charge >= 0.3 is 0 Å². The zero-order valence-electron chi connectivity index (χ0n) is 12.2. The van der Waals surface area contributed by atoms with Crippen molar-refractivity contribution in [2.24, 2.45) is 5.92 Å². The highest BCUT2D eigenvalue weighted by atomic mass is 32.2. The standard InChI is InChI=1S/C16H21N3OS/c1-3-13-16(17-7-1)19(15-4-2-8-20-15)14(18-13)11-12-5-9-21-10-6-12/h1,3,7,12,15H,2,4-6,8-11H2. The van der Waals surface area contributed by atoms with E-state index in [2.05, 4.69) is 27.4 Å². The van der Waals surface area contributed by atoms with Crippen LogP contribution in [0.25, 0.3) is 11.2 Å². The third-order valence-corrected chi connectivity index (χ3v) is 5.58. The minimum absolute atomic E-state index is 0.137. The van der Waals surface area contributed by atoms with Gasteiger partial charge < -0.3 is 4.74 Å². The molecular formula is C16H21N3OS. The highest BCUT2D eigenvalue weighted by molar-refractivity contribution is 7.99. The minimum Gasteiger partial charge on any atom is -0.358 e. The molecule has 4 heterocycles. The number of pyridine rings is 1. The Bertz CT molecular complexity index is 615. The van der Waals surface area contributed by atoms with Crippen molar-refractivity contribution < 1.29 is 4.74 Å². The number of hydrogen-bond donors (Lipinski definition) is 0. The summed E-state index contributed by atoms with van der Waals surface area (Å²) in [4.78, 5) is 9.42. The summed E-state index contributed by atoms with van der Waals surface area (Å²) in [5, 5.41) is 0. The lowest BCUT2D eigenvalue weighted by Crippen LogP contribution is -2.18. The smallest absolute Gasteiger partial charge is 0.162 e. The molecule has 0 amide bonds. The fourth-order valence-electron chi connectivity index (χ4n) is 3.40. The number of imidazole rings is 1. The Hall–Kier alpha value is -1.07. The minimum atomic E-state index is 0.137. The lowest BCUT2D eigenvalue weighted by atomic mass is 9.98. The Morgan fingerprint density at radius 2 is 2.19 bits per heavy atom. The lowest BCUT2D eigenvalue weighted by Gasteiger charge is -2.22. The van der Waals surface area contributed by atoms with Gasteiger partial charge in [0.05, 0.1) is 0 Å². The van der Waals surface area contributed by atoms with Crippen molar-refractivity contribution in [3.05, 3.63) is 24.2 Å². The van der Waals surface area contributed by atoms with Crippen LogP contribution in [0, 0.1) is 5.92 Å². The average Bonchev–Trinajstić information content (AvgIpc) is 3.14. The predicted octanol–water partition coefficient (Wildman–Crippen LogP) is 3.43. The second-order valence-electron chi connectivity index (χ2n) is 5.97. The summed E-state index contributed by atoms with van der Waals surface area (Å²) in [5.74, 6) is 4.53. The van der Waals surface area contributed by atoms with Gasteiger partial charge in [0.2, 0.25) is 0 Å². The number of thioether (sulfide) groups is 1. The maximum Gasteiger partial charge on any atom is 0.162 e. The topological polar surface area (TPSA) is 39.9 Å². The molecule has 0 spiro atoms. The molecule has 0 N–H and O–H groups in total. The van der Waals surface area contributed by atoms with Gasteiger partial charge in [-0.1, -0.05) is 0 Å². The van der Waals surface area contributed by atoms with Crippen LogP contribution in [0.2, 0.25) is 0 Å². The highest BCUT2D eigenvalue weighted by Gasteiger charge is 2.25. The molecule has 112 valence electrons. The summed E-state index contributed by atoms with van der Waals surface area (Å²) >= 11 is 2.08. The Morgan fingerprint density at radius 1 is 1.29 bits per heavy atom. The number of nitrogens with zero attached hydrogens (tertiary/aromatic N) is 3. The average molecular weight is 303 g/mol. The molecule has 2 aliphatic rings. The van der Waals surface area contributed by atoms with Crippen LogP contribution in [0.4, 0.5) is 0 Å². The summed E-state index contributed by atoms with van der Waals surface area (Å²) in [7, 11) is 0. The van der Waals surface area contributed by atoms with Crippen molar-refractivity contribution in [2.45, 2.75) is 38.3 Å². The Balaban J connectivity index is 1.70. The largest absolute Gasteiger partial charge is 0.358 e. The number of hydrogen-bond acceptors (Lipinski definition) is 4. The van der Waals surface area contributed by atoms with Gasteiger partial charge in [0.1, 0.15) is 17.6 Å². The second-order valence-corrected chi connectivity index (χ2v) is 7.20. The Kier molecular flexibility index (Phi) is 3.86. The van der Waals surface area contributed by atoms with Gasteiger partial charge in [-0.25, -0.2) is 9.97 Å². The van der Waals surface area contributed by atoms with Gasteiger partial charge in [-0.15, -0.1) is 0 Å². The zero-order valence-corrected chi connectivity index (χ0v) is 13.0. The van der Waals surface area contributed by atoms with E-state index in [1.54, 1.807) is 0 Å². The van der Waals surface area contributed by atoms with E-state index < -0.39 is 0 Å². The SMILES string of the molecule is c1cnc2c(c1)nc(CC1CCSCC1)n2C1CCCO1. The van der Waals surface area contributed by atoms with Crippen LogP contribution in [0.5, 0.6) is 0 Å². The van der Waals surface area contributed by atoms with Crippen molar-refractivity contribution in [3.63, 3.8) is 0 Å². The van der Waals surface area contributed by atoms with E-state index in [1.165, 1.54) is 30.2 Å². The molecule has 1 unspecified atom stereocenters. The first-order chi connectivity index (χ1) is 10.4. The van der Waals surface area contributed by atoms with Crippen LogP contribution in [-0.2, 0) is 11.2 Å². The van der Waals surface area contributed by atoms with E-state index in [0.717, 1.165) is 43.0 Å². The van der Waals surface area contributed by atoms with Crippen LogP contribution < -0.4 is 0 Å². The molecule has 2 aromatic heterocycles. The summed E-state index contributed by atoms with van der Waals surface area (Å²) in [6.45, 7) is 0.858. The van der Waals surface area contributed by atoms with Crippen molar-refractivity contribution in [1.29, 1.82) is 0 Å². The second kappa shape index (κ2) is 5.97. The van der Waals surface area contributed by atoms with Crippen LogP contribution >= 0.6 is 11.8 Å². The van der Waals surface area contributed by atoms with E-state index in [1.807, 2.05) is 12.3 Å². The molecule has 0 bridgehead atoms. The first kappa shape index (κ1) is 13.6. The number of aromatic nitrogens is 3. The van der Waals surface area contributed by atoms with Crippen molar-refractivity contribution in [2.75, 3.05) is 18.1 Å². The maximum absolute atomic E-state index is 5.91. The number of fused-ring (bicyclic) bond motifs is 1. The van der Waals surface area contributed by atoms with E-state index in [4.69, 9.17) is 9.72 Å². The number of rotatable bonds is 3. The van der Waals surface area contributed by atoms with Crippen molar-refractivity contribution in [1.82, 2.24) is 14.5 Å². The van der Waals surface area contributed by atoms with E-state index in [9.17, 15) is 0 Å². The number of ether oxygens (including phenoxy) is 1. The molecule has 21 heavy (non-hydrogen) atoms. The molecule has 1 atom stereocenters. The summed E-state index contributed by atoms with van der Waals surface area (Å²) < 4.78 is 8.18. The first-order valence-electron chi connectivity index (χ1n) is 7.93. The molecule has 0 aromatic carbocycles. The molecule has 2 fully saturated rings. The first-order valence-corrected chi connectivity index (χ1v) is 9.08. The van der Waals surface area contributed by atoms with Crippen LogP contribution in [0.1, 0.15) is 37.7 Å². The molecule has 0 saturated carbocycles. The van der Waals surface area contributed by atoms with Gasteiger partial charge in [0.15, 0.2) is 5.65 Å². The molecular weight excluding hydrogens is 282 g/mol. The Labute approximate surface area is 129 Å². The van der Waals surface area contributed by atoms with Crippen molar-refractivity contribution in [3.8, 4) is 0 Å². The van der Waals surface area contributed by atoms with Gasteiger partial charge in [-0.3, -0.25) is 4.57 Å². The summed E-state index contributed by atoms with van der Waals surface area (Å²) in [5.41, 5.74) is 2.00. The van der Waals surface area contributed by atoms with Gasteiger partial charge in [0.25, 0.3) is 0 Å². The summed E-state index contributed by atoms with van der Waals surface area (Å²) in [6.07, 6.45) is 7.90. The van der Waals surface area contributed by atoms with E-state index in [-0.39, 0.29) is 6.23 Å². The fourth-order valence-corrected chi connectivity index (χ4v) is 4.60. The van der Waals surface area contributed by atoms with Gasteiger partial charge in [-0.05, 0) is 55.2 Å². The molecule has 0 aliphatic carbocycles. The molecule has 4 rings (SSSR count). The lowest BCUT2D eigenvalue weighted by molar-refractivity contribution is 0.0566. The molecule has 0 radical (unpaired) electrons. The van der Waals surface area contributed by atoms with Crippen LogP contribution in [-0.4, -0.2) is 32.6 Å². The maximum atomic E-state index is 5.91. The zero-order chi connectivity index (χ0) is 14.1. The monoisotopic (exact) mass is 303 g/mol. The third kappa shape index (κ3) is 2.69. The predicted molar refractivity (Wildman–Crippen MR) is 85.5 cm³/mol. The normalized spacial score (nSPS) is 23.9. The molecule has 2 aromatic rings. The highest BCUT2D eigenvalue weighted by Crippen LogP contribution is 2.31. The van der Waals surface area contributed by atoms with Crippen molar-refractivity contribution >= 4 is 22.9 Å². The van der Waals surface area contributed by atoms with Gasteiger partial charge in [-0.2, -0.15) is 11.8 Å². The fraction of sp³-hybridized carbons (Fsp3) is 0.625. The van der Waals surface area contributed by atoms with E-state index in [0.29, 0.717) is 0 Å². The molecule has 4 nitrogen and oxygen atoms in total. The Morgan fingerprint density at radius 3 is 3.00 bits per heavy atom. The van der Waals surface area contributed by atoms with Gasteiger partial charge in [0, 0.05) is 19.2 Å². The third-order valence-electron chi connectivity index (χ3n) is 4.53. The molecule has 5 heteroatoms. The summed E-state index contributed by atoms with van der Waals surface area (Å²) in [6, 6.07) is 4.03. The van der Waals surface area contributed by atoms with Crippen LogP contribution in [0.15, 0.2) is 18.3 Å².